The lowest BCUT2D eigenvalue weighted by Gasteiger charge is -2.46. The largest absolute Gasteiger partial charge is 0.456 e. The summed E-state index contributed by atoms with van der Waals surface area (Å²) in [5.41, 5.74) is 2.01. The number of hydrogen-bond acceptors (Lipinski definition) is 3. The minimum Gasteiger partial charge on any atom is -0.456 e. The van der Waals surface area contributed by atoms with Crippen molar-refractivity contribution in [3.63, 3.8) is 0 Å². The maximum absolute atomic E-state index is 13.1. The van der Waals surface area contributed by atoms with Gasteiger partial charge in [0.1, 0.15) is 11.5 Å². The lowest BCUT2D eigenvalue weighted by Crippen LogP contribution is -2.57. The number of para-hydroxylation sites is 1. The Bertz CT molecular complexity index is 975. The van der Waals surface area contributed by atoms with Crippen molar-refractivity contribution in [3.8, 4) is 11.5 Å². The van der Waals surface area contributed by atoms with Crippen LogP contribution in [0.25, 0.3) is 0 Å². The van der Waals surface area contributed by atoms with Crippen LogP contribution in [0, 0.1) is 5.92 Å². The zero-order valence-corrected chi connectivity index (χ0v) is 21.3. The fourth-order valence-electron chi connectivity index (χ4n) is 6.26. The molecule has 2 aliphatic rings. The number of hydrogen-bond donors (Lipinski definition) is 1. The Hall–Kier alpha value is -1.84. The molecule has 0 amide bonds. The second kappa shape index (κ2) is 9.80. The number of carbonyl (C=O) groups excluding carboxylic acids is 1. The number of ketones is 1. The lowest BCUT2D eigenvalue weighted by molar-refractivity contribution is 0.0864. The molecule has 178 valence electrons. The van der Waals surface area contributed by atoms with Crippen LogP contribution in [0.3, 0.4) is 0 Å². The van der Waals surface area contributed by atoms with Gasteiger partial charge in [-0.2, -0.15) is 0 Å². The normalized spacial score (nSPS) is 21.0. The zero-order chi connectivity index (χ0) is 23.6. The van der Waals surface area contributed by atoms with Crippen LogP contribution in [0.5, 0.6) is 11.5 Å². The molecule has 0 spiro atoms. The molecule has 1 saturated heterocycles. The van der Waals surface area contributed by atoms with E-state index in [4.69, 9.17) is 16.3 Å². The van der Waals surface area contributed by atoms with Crippen molar-refractivity contribution in [1.82, 2.24) is 5.32 Å². The maximum Gasteiger partial charge on any atom is 0.163 e. The molecule has 4 heteroatoms. The monoisotopic (exact) mass is 467 g/mol. The molecular formula is C29H38ClNO2. The average molecular weight is 468 g/mol. The van der Waals surface area contributed by atoms with Gasteiger partial charge < -0.3 is 10.1 Å². The van der Waals surface area contributed by atoms with E-state index in [0.29, 0.717) is 34.6 Å². The SMILES string of the molecule is CC1(C)CC(CC(=O)c2ccc(Oc3ccccc3C3CCCCC3)c(Cl)c2)CC(C)(C)N1. The second-order valence-electron chi connectivity index (χ2n) is 11.4. The third-order valence-electron chi connectivity index (χ3n) is 7.19. The Labute approximate surface area is 204 Å². The van der Waals surface area contributed by atoms with E-state index in [2.05, 4.69) is 45.1 Å². The van der Waals surface area contributed by atoms with Crippen LogP contribution in [0.2, 0.25) is 5.02 Å². The molecule has 0 aromatic heterocycles. The summed E-state index contributed by atoms with van der Waals surface area (Å²) in [4.78, 5) is 13.1. The van der Waals surface area contributed by atoms with Gasteiger partial charge in [0.15, 0.2) is 5.78 Å². The predicted octanol–water partition coefficient (Wildman–Crippen LogP) is 8.31. The van der Waals surface area contributed by atoms with Crippen LogP contribution in [0.1, 0.15) is 101 Å². The van der Waals surface area contributed by atoms with E-state index >= 15 is 0 Å². The van der Waals surface area contributed by atoms with E-state index in [1.54, 1.807) is 6.07 Å². The maximum atomic E-state index is 13.1. The number of rotatable bonds is 6. The Morgan fingerprint density at radius 3 is 2.30 bits per heavy atom. The van der Waals surface area contributed by atoms with Gasteiger partial charge in [-0.15, -0.1) is 0 Å². The van der Waals surface area contributed by atoms with Crippen molar-refractivity contribution in [2.24, 2.45) is 5.92 Å². The van der Waals surface area contributed by atoms with E-state index in [1.807, 2.05) is 24.3 Å². The lowest BCUT2D eigenvalue weighted by atomic mass is 9.74. The van der Waals surface area contributed by atoms with Gasteiger partial charge in [0.2, 0.25) is 0 Å². The smallest absolute Gasteiger partial charge is 0.163 e. The third-order valence-corrected chi connectivity index (χ3v) is 7.48. The highest BCUT2D eigenvalue weighted by Crippen LogP contribution is 2.40. The van der Waals surface area contributed by atoms with Crippen molar-refractivity contribution in [2.45, 2.75) is 96.1 Å². The molecule has 1 aliphatic carbocycles. The van der Waals surface area contributed by atoms with E-state index in [9.17, 15) is 4.79 Å². The zero-order valence-electron chi connectivity index (χ0n) is 20.5. The minimum absolute atomic E-state index is 0.0355. The highest BCUT2D eigenvalue weighted by atomic mass is 35.5. The predicted molar refractivity (Wildman–Crippen MR) is 137 cm³/mol. The summed E-state index contributed by atoms with van der Waals surface area (Å²) in [6.45, 7) is 8.89. The Kier molecular flexibility index (Phi) is 7.21. The van der Waals surface area contributed by atoms with Crippen molar-refractivity contribution in [2.75, 3.05) is 0 Å². The fourth-order valence-corrected chi connectivity index (χ4v) is 6.48. The molecular weight excluding hydrogens is 430 g/mol. The highest BCUT2D eigenvalue weighted by molar-refractivity contribution is 6.32. The first-order valence-electron chi connectivity index (χ1n) is 12.5. The van der Waals surface area contributed by atoms with Gasteiger partial charge >= 0.3 is 0 Å². The number of piperidine rings is 1. The van der Waals surface area contributed by atoms with Gasteiger partial charge in [-0.1, -0.05) is 49.1 Å². The molecule has 3 nitrogen and oxygen atoms in total. The van der Waals surface area contributed by atoms with E-state index < -0.39 is 0 Å². The van der Waals surface area contributed by atoms with Gasteiger partial charge in [-0.05, 0) is 95.0 Å². The summed E-state index contributed by atoms with van der Waals surface area (Å²) < 4.78 is 6.28. The van der Waals surface area contributed by atoms with Gasteiger partial charge in [0.05, 0.1) is 5.02 Å². The number of ether oxygens (including phenoxy) is 1. The number of Topliss-reactive ketones (excluding diaryl/α,β-unsaturated/α-hetero) is 1. The minimum atomic E-state index is 0.0355. The quantitative estimate of drug-likeness (QED) is 0.434. The average Bonchev–Trinajstić information content (AvgIpc) is 2.74. The molecule has 0 radical (unpaired) electrons. The Morgan fingerprint density at radius 1 is 0.970 bits per heavy atom. The topological polar surface area (TPSA) is 38.3 Å². The number of benzene rings is 2. The standard InChI is InChI=1S/C29H38ClNO2/c1-28(2)18-20(19-29(3,4)31-28)16-25(32)22-14-15-27(24(30)17-22)33-26-13-9-8-12-23(26)21-10-6-5-7-11-21/h8-9,12-15,17,20-21,31H,5-7,10-11,16,18-19H2,1-4H3. The summed E-state index contributed by atoms with van der Waals surface area (Å²) in [5.74, 6) is 2.56. The van der Waals surface area contributed by atoms with E-state index in [1.165, 1.54) is 37.7 Å². The molecule has 1 N–H and O–H groups in total. The van der Waals surface area contributed by atoms with Crippen LogP contribution in [-0.4, -0.2) is 16.9 Å². The molecule has 1 heterocycles. The molecule has 2 aromatic rings. The van der Waals surface area contributed by atoms with Crippen LogP contribution < -0.4 is 10.1 Å². The summed E-state index contributed by atoms with van der Waals surface area (Å²) in [6.07, 6.45) is 8.86. The molecule has 1 saturated carbocycles. The first kappa shape index (κ1) is 24.3. The molecule has 4 rings (SSSR count). The fraction of sp³-hybridized carbons (Fsp3) is 0.552. The molecule has 1 aliphatic heterocycles. The van der Waals surface area contributed by atoms with Gasteiger partial charge in [0.25, 0.3) is 0 Å². The summed E-state index contributed by atoms with van der Waals surface area (Å²) in [5, 5.41) is 4.18. The molecule has 2 fully saturated rings. The third kappa shape index (κ3) is 6.19. The number of carbonyl (C=O) groups is 1. The number of nitrogens with one attached hydrogen (secondary N) is 1. The van der Waals surface area contributed by atoms with Gasteiger partial charge in [0, 0.05) is 23.1 Å². The van der Waals surface area contributed by atoms with Crippen LogP contribution in [0.15, 0.2) is 42.5 Å². The number of halogens is 1. The van der Waals surface area contributed by atoms with Gasteiger partial charge in [-0.25, -0.2) is 0 Å². The van der Waals surface area contributed by atoms with Crippen LogP contribution in [0.4, 0.5) is 0 Å². The van der Waals surface area contributed by atoms with E-state index in [0.717, 1.165) is 18.6 Å². The molecule has 0 unspecified atom stereocenters. The Morgan fingerprint density at radius 2 is 1.64 bits per heavy atom. The summed E-state index contributed by atoms with van der Waals surface area (Å²) >= 11 is 6.61. The highest BCUT2D eigenvalue weighted by Gasteiger charge is 2.38. The van der Waals surface area contributed by atoms with Crippen molar-refractivity contribution in [3.05, 3.63) is 58.6 Å². The van der Waals surface area contributed by atoms with Crippen LogP contribution in [-0.2, 0) is 0 Å². The van der Waals surface area contributed by atoms with Crippen molar-refractivity contribution < 1.29 is 9.53 Å². The summed E-state index contributed by atoms with van der Waals surface area (Å²) in [7, 11) is 0. The molecule has 2 aromatic carbocycles. The Balaban J connectivity index is 1.46. The molecule has 0 atom stereocenters. The first-order chi connectivity index (χ1) is 15.6. The van der Waals surface area contributed by atoms with Crippen molar-refractivity contribution in [1.29, 1.82) is 0 Å². The first-order valence-corrected chi connectivity index (χ1v) is 12.9. The molecule has 33 heavy (non-hydrogen) atoms. The van der Waals surface area contributed by atoms with Gasteiger partial charge in [-0.3, -0.25) is 4.79 Å². The summed E-state index contributed by atoms with van der Waals surface area (Å²) in [6, 6.07) is 13.8. The van der Waals surface area contributed by atoms with Crippen molar-refractivity contribution >= 4 is 17.4 Å². The second-order valence-corrected chi connectivity index (χ2v) is 11.8. The molecule has 0 bridgehead atoms. The van der Waals surface area contributed by atoms with E-state index in [-0.39, 0.29) is 16.9 Å². The van der Waals surface area contributed by atoms with Crippen LogP contribution >= 0.6 is 11.6 Å².